The van der Waals surface area contributed by atoms with E-state index in [9.17, 15) is 0 Å². The Morgan fingerprint density at radius 3 is 2.45 bits per heavy atom. The van der Waals surface area contributed by atoms with Crippen molar-refractivity contribution in [1.82, 2.24) is 0 Å². The van der Waals surface area contributed by atoms with Crippen molar-refractivity contribution in [3.8, 4) is 0 Å². The highest BCUT2D eigenvalue weighted by Gasteiger charge is 2.27. The Kier molecular flexibility index (Phi) is 5.35. The van der Waals surface area contributed by atoms with Crippen molar-refractivity contribution in [3.63, 3.8) is 0 Å². The lowest BCUT2D eigenvalue weighted by Gasteiger charge is -2.26. The molecule has 0 aliphatic rings. The lowest BCUT2D eigenvalue weighted by Crippen LogP contribution is -2.36. The second kappa shape index (κ2) is 5.15. The van der Waals surface area contributed by atoms with Crippen LogP contribution in [-0.4, -0.2) is 12.5 Å². The number of alkyl halides is 1. The van der Waals surface area contributed by atoms with Crippen LogP contribution in [0.5, 0.6) is 0 Å². The zero-order valence-electron chi connectivity index (χ0n) is 7.86. The fourth-order valence-electron chi connectivity index (χ4n) is 1.14. The van der Waals surface area contributed by atoms with Crippen molar-refractivity contribution in [1.29, 1.82) is 0 Å². The van der Waals surface area contributed by atoms with Crippen molar-refractivity contribution in [2.24, 2.45) is 0 Å². The summed E-state index contributed by atoms with van der Waals surface area (Å²) in [4.78, 5) is 0. The highest BCUT2D eigenvalue weighted by atomic mass is 79.9. The van der Waals surface area contributed by atoms with Crippen molar-refractivity contribution in [2.45, 2.75) is 43.4 Å². The third-order valence-corrected chi connectivity index (χ3v) is 9.56. The standard InChI is InChI=1S/C9H19BrSi/c1-5-7-9(10)11(3,4)8-6-2/h6,9H,2,5,7-8H2,1,3-4H3. The normalized spacial score (nSPS) is 14.5. The summed E-state index contributed by atoms with van der Waals surface area (Å²) in [5, 5.41) is 0. The van der Waals surface area contributed by atoms with E-state index >= 15 is 0 Å². The lowest BCUT2D eigenvalue weighted by molar-refractivity contribution is 0.852. The molecule has 0 saturated heterocycles. The van der Waals surface area contributed by atoms with Crippen LogP contribution in [0.25, 0.3) is 0 Å². The van der Waals surface area contributed by atoms with Crippen molar-refractivity contribution in [3.05, 3.63) is 12.7 Å². The van der Waals surface area contributed by atoms with E-state index < -0.39 is 8.07 Å². The van der Waals surface area contributed by atoms with Crippen LogP contribution in [0.1, 0.15) is 19.8 Å². The van der Waals surface area contributed by atoms with Gasteiger partial charge in [-0.05, 0) is 12.5 Å². The van der Waals surface area contributed by atoms with Gasteiger partial charge in [0.25, 0.3) is 0 Å². The largest absolute Gasteiger partial charge is 0.103 e. The summed E-state index contributed by atoms with van der Waals surface area (Å²) in [5.74, 6) is 0. The molecule has 0 heterocycles. The van der Waals surface area contributed by atoms with Crippen LogP contribution in [0, 0.1) is 0 Å². The summed E-state index contributed by atoms with van der Waals surface area (Å²) in [7, 11) is -1.03. The van der Waals surface area contributed by atoms with Crippen molar-refractivity contribution in [2.75, 3.05) is 0 Å². The maximum Gasteiger partial charge on any atom is 0.0662 e. The van der Waals surface area contributed by atoms with E-state index in [1.54, 1.807) is 0 Å². The summed E-state index contributed by atoms with van der Waals surface area (Å²) in [5.41, 5.74) is 0. The van der Waals surface area contributed by atoms with E-state index in [1.165, 1.54) is 18.9 Å². The van der Waals surface area contributed by atoms with E-state index in [0.29, 0.717) is 0 Å². The Morgan fingerprint density at radius 1 is 1.55 bits per heavy atom. The first-order chi connectivity index (χ1) is 5.04. The Balaban J connectivity index is 3.93. The molecule has 0 N–H and O–H groups in total. The average Bonchev–Trinajstić information content (AvgIpc) is 1.88. The van der Waals surface area contributed by atoms with Gasteiger partial charge in [-0.3, -0.25) is 0 Å². The second-order valence-corrected chi connectivity index (χ2v) is 10.8. The Bertz CT molecular complexity index is 121. The Labute approximate surface area is 80.2 Å². The highest BCUT2D eigenvalue weighted by Crippen LogP contribution is 2.24. The van der Waals surface area contributed by atoms with Gasteiger partial charge in [-0.15, -0.1) is 6.58 Å². The van der Waals surface area contributed by atoms with Gasteiger partial charge in [-0.1, -0.05) is 48.4 Å². The minimum Gasteiger partial charge on any atom is -0.103 e. The summed E-state index contributed by atoms with van der Waals surface area (Å²) < 4.78 is 0.762. The number of allylic oxidation sites excluding steroid dienone is 1. The number of hydrogen-bond acceptors (Lipinski definition) is 0. The van der Waals surface area contributed by atoms with Crippen LogP contribution in [0.15, 0.2) is 12.7 Å². The highest BCUT2D eigenvalue weighted by molar-refractivity contribution is 9.10. The molecule has 0 aliphatic heterocycles. The van der Waals surface area contributed by atoms with Crippen LogP contribution in [0.4, 0.5) is 0 Å². The van der Waals surface area contributed by atoms with Gasteiger partial charge >= 0.3 is 0 Å². The molecular formula is C9H19BrSi. The fourth-order valence-corrected chi connectivity index (χ4v) is 4.23. The van der Waals surface area contributed by atoms with Gasteiger partial charge in [-0.2, -0.15) is 0 Å². The van der Waals surface area contributed by atoms with Crippen LogP contribution in [0.2, 0.25) is 19.1 Å². The number of hydrogen-bond donors (Lipinski definition) is 0. The predicted octanol–water partition coefficient (Wildman–Crippen LogP) is 3.98. The molecule has 0 amide bonds. The van der Waals surface area contributed by atoms with Gasteiger partial charge in [0.15, 0.2) is 0 Å². The summed E-state index contributed by atoms with van der Waals surface area (Å²) in [6.45, 7) is 10.9. The third kappa shape index (κ3) is 4.11. The van der Waals surface area contributed by atoms with Crippen LogP contribution >= 0.6 is 15.9 Å². The molecule has 0 spiro atoms. The quantitative estimate of drug-likeness (QED) is 0.384. The molecule has 0 aromatic heterocycles. The van der Waals surface area contributed by atoms with Crippen LogP contribution in [-0.2, 0) is 0 Å². The smallest absolute Gasteiger partial charge is 0.0662 e. The molecule has 66 valence electrons. The third-order valence-electron chi connectivity index (χ3n) is 2.06. The van der Waals surface area contributed by atoms with Gasteiger partial charge in [0.1, 0.15) is 0 Å². The van der Waals surface area contributed by atoms with Gasteiger partial charge in [0, 0.05) is 4.45 Å². The van der Waals surface area contributed by atoms with Gasteiger partial charge < -0.3 is 0 Å². The minimum absolute atomic E-state index is 0.762. The van der Waals surface area contributed by atoms with E-state index in [-0.39, 0.29) is 0 Å². The summed E-state index contributed by atoms with van der Waals surface area (Å²) in [6, 6.07) is 1.23. The van der Waals surface area contributed by atoms with Gasteiger partial charge in [0.2, 0.25) is 0 Å². The second-order valence-electron chi connectivity index (χ2n) is 3.74. The van der Waals surface area contributed by atoms with Crippen molar-refractivity contribution < 1.29 is 0 Å². The molecule has 0 aromatic rings. The van der Waals surface area contributed by atoms with Gasteiger partial charge in [-0.25, -0.2) is 0 Å². The first-order valence-corrected chi connectivity index (χ1v) is 8.49. The molecule has 0 aromatic carbocycles. The average molecular weight is 235 g/mol. The molecule has 0 saturated carbocycles. The van der Waals surface area contributed by atoms with E-state index in [4.69, 9.17) is 0 Å². The van der Waals surface area contributed by atoms with Gasteiger partial charge in [0.05, 0.1) is 8.07 Å². The zero-order valence-corrected chi connectivity index (χ0v) is 10.4. The van der Waals surface area contributed by atoms with E-state index in [2.05, 4.69) is 48.6 Å². The Hall–Kier alpha value is 0.437. The first-order valence-electron chi connectivity index (χ1n) is 4.29. The molecule has 0 nitrogen and oxygen atoms in total. The SMILES string of the molecule is C=CC[Si](C)(C)C(Br)CCC. The molecule has 0 aliphatic carbocycles. The summed E-state index contributed by atoms with van der Waals surface area (Å²) >= 11 is 3.77. The monoisotopic (exact) mass is 234 g/mol. The molecule has 0 radical (unpaired) electrons. The minimum atomic E-state index is -1.03. The number of halogens is 1. The fraction of sp³-hybridized carbons (Fsp3) is 0.778. The maximum absolute atomic E-state index is 3.80. The topological polar surface area (TPSA) is 0 Å². The summed E-state index contributed by atoms with van der Waals surface area (Å²) in [6.07, 6.45) is 4.66. The molecular weight excluding hydrogens is 216 g/mol. The van der Waals surface area contributed by atoms with Crippen LogP contribution in [0.3, 0.4) is 0 Å². The van der Waals surface area contributed by atoms with E-state index in [0.717, 1.165) is 4.45 Å². The molecule has 2 heteroatoms. The molecule has 11 heavy (non-hydrogen) atoms. The molecule has 0 fully saturated rings. The predicted molar refractivity (Wildman–Crippen MR) is 60.1 cm³/mol. The molecule has 0 rings (SSSR count). The van der Waals surface area contributed by atoms with E-state index in [1.807, 2.05) is 0 Å². The first kappa shape index (κ1) is 11.4. The molecule has 0 bridgehead atoms. The molecule has 1 unspecified atom stereocenters. The maximum atomic E-state index is 3.80. The zero-order chi connectivity index (χ0) is 8.91. The molecule has 1 atom stereocenters. The lowest BCUT2D eigenvalue weighted by atomic mass is 10.4. The Morgan fingerprint density at radius 2 is 2.09 bits per heavy atom. The van der Waals surface area contributed by atoms with Crippen LogP contribution < -0.4 is 0 Å². The number of rotatable bonds is 5. The van der Waals surface area contributed by atoms with Crippen molar-refractivity contribution >= 4 is 24.0 Å².